The van der Waals surface area contributed by atoms with Gasteiger partial charge in [-0.15, -0.1) is 0 Å². The van der Waals surface area contributed by atoms with Crippen LogP contribution in [-0.4, -0.2) is 50.6 Å². The number of anilines is 1. The zero-order valence-electron chi connectivity index (χ0n) is 26.7. The predicted octanol–water partition coefficient (Wildman–Crippen LogP) is 7.72. The van der Waals surface area contributed by atoms with E-state index in [0.717, 1.165) is 35.3 Å². The van der Waals surface area contributed by atoms with E-state index >= 15 is 0 Å². The number of carbonyl (C=O) groups is 2. The van der Waals surface area contributed by atoms with Crippen LogP contribution >= 0.6 is 0 Å². The number of ether oxygens (including phenoxy) is 4. The second-order valence-electron chi connectivity index (χ2n) is 10.5. The van der Waals surface area contributed by atoms with Crippen molar-refractivity contribution in [3.63, 3.8) is 0 Å². The molecule has 0 aliphatic rings. The number of ketones is 1. The van der Waals surface area contributed by atoms with E-state index in [9.17, 15) is 9.59 Å². The van der Waals surface area contributed by atoms with Crippen molar-refractivity contribution >= 4 is 23.7 Å². The van der Waals surface area contributed by atoms with Crippen LogP contribution in [0.25, 0.3) is 11.1 Å². The number of nitrogens with one attached hydrogen (secondary N) is 2. The van der Waals surface area contributed by atoms with Gasteiger partial charge in [0.2, 0.25) is 6.23 Å². The van der Waals surface area contributed by atoms with Crippen LogP contribution in [0.1, 0.15) is 60.7 Å². The molecule has 0 aromatic heterocycles. The van der Waals surface area contributed by atoms with E-state index < -0.39 is 12.2 Å². The standard InChI is InChI=1S/C38H42N2O6/c1-4-11-30-24-31(36(41)29-16-14-28(15-17-29)27-12-8-7-9-13-27)18-21-35(30)46-23-10-22-45-33-19-20-34(32(25-33)26-39)40-37(43-5-2)38(42)44-6-3/h7-9,12-21,24-26,37,39-40H,4-6,10-11,22-23H2,1-3H3. The summed E-state index contributed by atoms with van der Waals surface area (Å²) in [4.78, 5) is 25.5. The Labute approximate surface area is 271 Å². The topological polar surface area (TPSA) is 107 Å². The van der Waals surface area contributed by atoms with Gasteiger partial charge in [-0.05, 0) is 73.4 Å². The van der Waals surface area contributed by atoms with Gasteiger partial charge in [-0.25, -0.2) is 4.79 Å². The van der Waals surface area contributed by atoms with Gasteiger partial charge in [-0.1, -0.05) is 67.9 Å². The number of carbonyl (C=O) groups excluding carboxylic acids is 2. The van der Waals surface area contributed by atoms with Crippen LogP contribution in [0.5, 0.6) is 11.5 Å². The molecule has 8 nitrogen and oxygen atoms in total. The highest BCUT2D eigenvalue weighted by Crippen LogP contribution is 2.26. The van der Waals surface area contributed by atoms with Crippen molar-refractivity contribution in [2.24, 2.45) is 0 Å². The van der Waals surface area contributed by atoms with E-state index in [-0.39, 0.29) is 12.4 Å². The summed E-state index contributed by atoms with van der Waals surface area (Å²) in [5, 5.41) is 10.8. The zero-order chi connectivity index (χ0) is 32.7. The molecule has 4 aromatic carbocycles. The molecular weight excluding hydrogens is 580 g/mol. The van der Waals surface area contributed by atoms with Gasteiger partial charge in [0.25, 0.3) is 0 Å². The van der Waals surface area contributed by atoms with Gasteiger partial charge in [0, 0.05) is 41.6 Å². The second kappa shape index (κ2) is 17.5. The van der Waals surface area contributed by atoms with Crippen molar-refractivity contribution in [3.05, 3.63) is 113 Å². The second-order valence-corrected chi connectivity index (χ2v) is 10.5. The Hall–Kier alpha value is -4.95. The minimum atomic E-state index is -0.969. The van der Waals surface area contributed by atoms with Gasteiger partial charge in [0.15, 0.2) is 5.78 Å². The molecule has 0 saturated carbocycles. The molecule has 0 amide bonds. The fourth-order valence-corrected chi connectivity index (χ4v) is 4.94. The van der Waals surface area contributed by atoms with Crippen LogP contribution in [0.4, 0.5) is 5.69 Å². The molecule has 1 unspecified atom stereocenters. The molecule has 0 aliphatic heterocycles. The molecule has 0 aliphatic carbocycles. The third kappa shape index (κ3) is 9.28. The summed E-state index contributed by atoms with van der Waals surface area (Å²) in [5.74, 6) is 0.832. The number of hydrogen-bond donors (Lipinski definition) is 2. The zero-order valence-corrected chi connectivity index (χ0v) is 26.7. The summed E-state index contributed by atoms with van der Waals surface area (Å²) >= 11 is 0. The Balaban J connectivity index is 1.31. The summed E-state index contributed by atoms with van der Waals surface area (Å²) in [6.45, 7) is 7.05. The molecule has 46 heavy (non-hydrogen) atoms. The first-order valence-corrected chi connectivity index (χ1v) is 15.7. The first-order chi connectivity index (χ1) is 22.5. The maximum absolute atomic E-state index is 13.3. The summed E-state index contributed by atoms with van der Waals surface area (Å²) in [5.41, 5.74) is 5.59. The molecule has 2 N–H and O–H groups in total. The molecule has 1 atom stereocenters. The van der Waals surface area contributed by atoms with Gasteiger partial charge in [-0.2, -0.15) is 0 Å². The molecule has 240 valence electrons. The van der Waals surface area contributed by atoms with Gasteiger partial charge in [0.1, 0.15) is 11.5 Å². The van der Waals surface area contributed by atoms with Crippen molar-refractivity contribution in [1.82, 2.24) is 0 Å². The van der Waals surface area contributed by atoms with Crippen molar-refractivity contribution in [3.8, 4) is 22.6 Å². The predicted molar refractivity (Wildman–Crippen MR) is 181 cm³/mol. The Morgan fingerprint density at radius 1 is 0.804 bits per heavy atom. The highest BCUT2D eigenvalue weighted by atomic mass is 16.6. The number of benzene rings is 4. The van der Waals surface area contributed by atoms with Crippen LogP contribution in [0, 0.1) is 5.41 Å². The number of esters is 1. The number of rotatable bonds is 18. The third-order valence-corrected chi connectivity index (χ3v) is 7.21. The van der Waals surface area contributed by atoms with E-state index in [4.69, 9.17) is 24.4 Å². The molecule has 4 rings (SSSR count). The molecular formula is C38H42N2O6. The van der Waals surface area contributed by atoms with Gasteiger partial charge < -0.3 is 29.7 Å². The molecule has 8 heteroatoms. The Bertz CT molecular complexity index is 1590. The lowest BCUT2D eigenvalue weighted by molar-refractivity contribution is -0.154. The summed E-state index contributed by atoms with van der Waals surface area (Å²) in [7, 11) is 0. The molecule has 0 bridgehead atoms. The van der Waals surface area contributed by atoms with Crippen molar-refractivity contribution in [2.45, 2.75) is 46.3 Å². The van der Waals surface area contributed by atoms with E-state index in [1.807, 2.05) is 60.7 Å². The number of aryl methyl sites for hydroxylation is 1. The van der Waals surface area contributed by atoms with Crippen LogP contribution in [-0.2, 0) is 20.7 Å². The maximum atomic E-state index is 13.3. The molecule has 0 radical (unpaired) electrons. The largest absolute Gasteiger partial charge is 0.493 e. The molecule has 0 heterocycles. The first-order valence-electron chi connectivity index (χ1n) is 15.7. The van der Waals surface area contributed by atoms with E-state index in [0.29, 0.717) is 54.4 Å². The van der Waals surface area contributed by atoms with E-state index in [2.05, 4.69) is 24.4 Å². The Kier molecular flexibility index (Phi) is 12.9. The monoisotopic (exact) mass is 622 g/mol. The van der Waals surface area contributed by atoms with Crippen molar-refractivity contribution in [2.75, 3.05) is 31.7 Å². The van der Waals surface area contributed by atoms with Crippen LogP contribution in [0.2, 0.25) is 0 Å². The molecule has 0 saturated heterocycles. The van der Waals surface area contributed by atoms with Crippen LogP contribution in [0.3, 0.4) is 0 Å². The third-order valence-electron chi connectivity index (χ3n) is 7.21. The van der Waals surface area contributed by atoms with Crippen molar-refractivity contribution < 1.29 is 28.5 Å². The Morgan fingerprint density at radius 2 is 1.52 bits per heavy atom. The highest BCUT2D eigenvalue weighted by molar-refractivity contribution is 6.09. The van der Waals surface area contributed by atoms with Gasteiger partial charge in [0.05, 0.1) is 19.8 Å². The van der Waals surface area contributed by atoms with E-state index in [1.165, 1.54) is 6.21 Å². The lowest BCUT2D eigenvalue weighted by atomic mass is 9.97. The molecule has 0 fully saturated rings. The van der Waals surface area contributed by atoms with Gasteiger partial charge in [-0.3, -0.25) is 4.79 Å². The maximum Gasteiger partial charge on any atom is 0.356 e. The van der Waals surface area contributed by atoms with Gasteiger partial charge >= 0.3 is 5.97 Å². The minimum absolute atomic E-state index is 0.0169. The summed E-state index contributed by atoms with van der Waals surface area (Å²) < 4.78 is 22.6. The quantitative estimate of drug-likeness (QED) is 0.0385. The lowest BCUT2D eigenvalue weighted by Crippen LogP contribution is -2.34. The Morgan fingerprint density at radius 3 is 2.22 bits per heavy atom. The SMILES string of the molecule is CCCc1cc(C(=O)c2ccc(-c3ccccc3)cc2)ccc1OCCCOc1ccc(NC(OCC)C(=O)OCC)c(C=N)c1. The lowest BCUT2D eigenvalue weighted by Gasteiger charge is -2.19. The highest BCUT2D eigenvalue weighted by Gasteiger charge is 2.21. The molecule has 4 aromatic rings. The summed E-state index contributed by atoms with van der Waals surface area (Å²) in [6, 6.07) is 28.7. The fourth-order valence-electron chi connectivity index (χ4n) is 4.94. The van der Waals surface area contributed by atoms with E-state index in [1.54, 1.807) is 32.0 Å². The minimum Gasteiger partial charge on any atom is -0.493 e. The normalized spacial score (nSPS) is 11.4. The average Bonchev–Trinajstić information content (AvgIpc) is 3.09. The van der Waals surface area contributed by atoms with Crippen LogP contribution in [0.15, 0.2) is 91.0 Å². The van der Waals surface area contributed by atoms with Crippen LogP contribution < -0.4 is 14.8 Å². The average molecular weight is 623 g/mol. The van der Waals surface area contributed by atoms with Crippen molar-refractivity contribution in [1.29, 1.82) is 5.41 Å². The fraction of sp³-hybridized carbons (Fsp3) is 0.289. The smallest absolute Gasteiger partial charge is 0.356 e. The first kappa shape index (κ1) is 33.9. The summed E-state index contributed by atoms with van der Waals surface area (Å²) in [6.07, 6.45) is 2.58. The number of hydrogen-bond acceptors (Lipinski definition) is 8. The molecule has 0 spiro atoms.